The molecular weight excluding hydrogens is 474 g/mol. The molecule has 0 N–H and O–H groups in total. The van der Waals surface area contributed by atoms with Crippen LogP contribution in [0, 0.1) is 17.0 Å². The molecule has 0 amide bonds. The quantitative estimate of drug-likeness (QED) is 0.313. The molecule has 0 saturated carbocycles. The van der Waals surface area contributed by atoms with Crippen molar-refractivity contribution in [2.24, 2.45) is 0 Å². The molecule has 13 heteroatoms. The second-order valence-electron chi connectivity index (χ2n) is 8.58. The second kappa shape index (κ2) is 7.18. The Hall–Kier alpha value is -3.15. The summed E-state index contributed by atoms with van der Waals surface area (Å²) >= 11 is 12.2. The van der Waals surface area contributed by atoms with Crippen molar-refractivity contribution >= 4 is 64.0 Å². The van der Waals surface area contributed by atoms with Gasteiger partial charge in [0.05, 0.1) is 15.5 Å². The van der Waals surface area contributed by atoms with Crippen molar-refractivity contribution in [1.29, 1.82) is 0 Å². The van der Waals surface area contributed by atoms with Gasteiger partial charge in [-0.1, -0.05) is 52.9 Å². The molecule has 1 aromatic heterocycles. The Bertz CT molecular complexity index is 1350. The molecule has 2 aliphatic heterocycles. The van der Waals surface area contributed by atoms with E-state index in [-0.39, 0.29) is 38.7 Å². The highest BCUT2D eigenvalue weighted by molar-refractivity contribution is 6.79. The van der Waals surface area contributed by atoms with Crippen LogP contribution in [0.5, 0.6) is 0 Å². The van der Waals surface area contributed by atoms with Crippen molar-refractivity contribution < 1.29 is 28.2 Å². The number of carbonyl (C=O) groups excluding carboxylic acids is 2. The van der Waals surface area contributed by atoms with Gasteiger partial charge in [-0.2, -0.15) is 0 Å². The number of rotatable bonds is 4. The summed E-state index contributed by atoms with van der Waals surface area (Å²) in [5, 5.41) is 11.5. The van der Waals surface area contributed by atoms with E-state index in [1.807, 2.05) is 12.1 Å². The molecule has 0 spiro atoms. The Morgan fingerprint density at radius 2 is 1.79 bits per heavy atom. The SMILES string of the molecule is Cc1nc2c([N+](=O)[O-])c(Cl)c(Cl)cc2n1Cc1ccc([B-]23OC(=O)C[N+]2(C)CC(=O)O3)cc1. The third-order valence-electron chi connectivity index (χ3n) is 6.41. The molecule has 0 unspecified atom stereocenters. The van der Waals surface area contributed by atoms with Gasteiger partial charge in [0.2, 0.25) is 0 Å². The number of benzene rings is 2. The van der Waals surface area contributed by atoms with E-state index in [2.05, 4.69) is 4.98 Å². The van der Waals surface area contributed by atoms with E-state index in [1.165, 1.54) is 0 Å². The minimum atomic E-state index is -2.31. The molecule has 10 nitrogen and oxygen atoms in total. The summed E-state index contributed by atoms with van der Waals surface area (Å²) in [6.45, 7) is -0.0883. The predicted molar refractivity (Wildman–Crippen MR) is 120 cm³/mol. The molecule has 2 fully saturated rings. The molecule has 33 heavy (non-hydrogen) atoms. The van der Waals surface area contributed by atoms with Crippen LogP contribution in [0.3, 0.4) is 0 Å². The number of imidazole rings is 1. The summed E-state index contributed by atoms with van der Waals surface area (Å²) in [6.07, 6.45) is 0. The van der Waals surface area contributed by atoms with Crippen LogP contribution < -0.4 is 5.46 Å². The molecule has 0 atom stereocenters. The zero-order valence-corrected chi connectivity index (χ0v) is 19.1. The summed E-state index contributed by atoms with van der Waals surface area (Å²) in [6, 6.07) is 8.74. The summed E-state index contributed by atoms with van der Waals surface area (Å²) in [4.78, 5) is 39.3. The van der Waals surface area contributed by atoms with E-state index in [1.54, 1.807) is 36.7 Å². The maximum Gasteiger partial charge on any atom is 0.614 e. The molecular formula is C20H17BCl2N4O6. The Labute approximate surface area is 197 Å². The van der Waals surface area contributed by atoms with Crippen LogP contribution >= 0.6 is 23.2 Å². The van der Waals surface area contributed by atoms with Crippen LogP contribution in [0.25, 0.3) is 11.0 Å². The maximum absolute atomic E-state index is 12.0. The molecule has 3 heterocycles. The van der Waals surface area contributed by atoms with Gasteiger partial charge in [0.15, 0.2) is 5.52 Å². The van der Waals surface area contributed by atoms with Crippen LogP contribution in [0.2, 0.25) is 10.0 Å². The van der Waals surface area contributed by atoms with Crippen molar-refractivity contribution in [2.45, 2.75) is 13.5 Å². The lowest BCUT2D eigenvalue weighted by Gasteiger charge is -2.40. The van der Waals surface area contributed by atoms with Crippen LogP contribution in [0.15, 0.2) is 30.3 Å². The summed E-state index contributed by atoms with van der Waals surface area (Å²) in [7, 11) is 1.77. The van der Waals surface area contributed by atoms with Crippen molar-refractivity contribution in [3.63, 3.8) is 0 Å². The largest absolute Gasteiger partial charge is 0.614 e. The molecule has 2 aromatic carbocycles. The van der Waals surface area contributed by atoms with Crippen LogP contribution in [0.1, 0.15) is 11.4 Å². The number of likely N-dealkylation sites (N-methyl/N-ethyl adjacent to an activating group) is 1. The van der Waals surface area contributed by atoms with Gasteiger partial charge in [-0.3, -0.25) is 19.7 Å². The first-order valence-corrected chi connectivity index (χ1v) is 10.8. The first-order chi connectivity index (χ1) is 15.5. The monoisotopic (exact) mass is 490 g/mol. The van der Waals surface area contributed by atoms with Crippen molar-refractivity contribution in [3.8, 4) is 0 Å². The first kappa shape index (κ1) is 21.7. The van der Waals surface area contributed by atoms with Gasteiger partial charge in [0, 0.05) is 13.6 Å². The number of halogens is 2. The number of hydrogen-bond donors (Lipinski definition) is 0. The number of aryl methyl sites for hydroxylation is 1. The van der Waals surface area contributed by atoms with E-state index >= 15 is 0 Å². The third kappa shape index (κ3) is 3.11. The average Bonchev–Trinajstić information content (AvgIpc) is 3.25. The highest BCUT2D eigenvalue weighted by Gasteiger charge is 2.66. The van der Waals surface area contributed by atoms with Gasteiger partial charge in [-0.05, 0) is 18.6 Å². The minimum Gasteiger partial charge on any atom is -0.596 e. The Morgan fingerprint density at radius 3 is 2.36 bits per heavy atom. The number of nitro groups is 1. The second-order valence-corrected chi connectivity index (χ2v) is 9.36. The highest BCUT2D eigenvalue weighted by atomic mass is 35.5. The van der Waals surface area contributed by atoms with Gasteiger partial charge in [0.1, 0.15) is 23.9 Å². The molecule has 3 aromatic rings. The zero-order valence-electron chi connectivity index (χ0n) is 17.6. The van der Waals surface area contributed by atoms with Gasteiger partial charge in [-0.15, -0.1) is 0 Å². The lowest BCUT2D eigenvalue weighted by Crippen LogP contribution is -2.67. The fourth-order valence-corrected chi connectivity index (χ4v) is 5.22. The van der Waals surface area contributed by atoms with Gasteiger partial charge < -0.3 is 18.3 Å². The molecule has 0 bridgehead atoms. The number of aromatic nitrogens is 2. The topological polar surface area (TPSA) is 114 Å². The van der Waals surface area contributed by atoms with E-state index < -0.39 is 23.5 Å². The summed E-state index contributed by atoms with van der Waals surface area (Å²) in [5.74, 6) is -0.268. The average molecular weight is 491 g/mol. The minimum absolute atomic E-state index is 0.0607. The number of carbonyl (C=O) groups is 2. The van der Waals surface area contributed by atoms with Crippen LogP contribution in [0.4, 0.5) is 5.69 Å². The number of fused-ring (bicyclic) bond motifs is 2. The normalized spacial score (nSPS) is 24.1. The van der Waals surface area contributed by atoms with Gasteiger partial charge in [0.25, 0.3) is 0 Å². The summed E-state index contributed by atoms with van der Waals surface area (Å²) < 4.78 is 13.0. The summed E-state index contributed by atoms with van der Waals surface area (Å²) in [5.41, 5.74) is 1.77. The van der Waals surface area contributed by atoms with Crippen molar-refractivity contribution in [1.82, 2.24) is 9.55 Å². The lowest BCUT2D eigenvalue weighted by molar-refractivity contribution is -0.791. The number of nitro benzene ring substituents is 1. The van der Waals surface area contributed by atoms with Gasteiger partial charge in [-0.25, -0.2) is 4.98 Å². The molecule has 0 aliphatic carbocycles. The van der Waals surface area contributed by atoms with E-state index in [4.69, 9.17) is 32.5 Å². The van der Waals surface area contributed by atoms with Crippen LogP contribution in [-0.4, -0.2) is 57.6 Å². The van der Waals surface area contributed by atoms with Crippen molar-refractivity contribution in [2.75, 3.05) is 20.1 Å². The van der Waals surface area contributed by atoms with E-state index in [9.17, 15) is 19.7 Å². The third-order valence-corrected chi connectivity index (χ3v) is 7.19. The molecule has 2 saturated heterocycles. The number of hydrogen-bond acceptors (Lipinski definition) is 7. The van der Waals surface area contributed by atoms with E-state index in [0.29, 0.717) is 23.3 Å². The Balaban J connectivity index is 1.52. The molecule has 2 aliphatic rings. The standard InChI is InChI=1S/C20H17BCl2N4O6/c1-11-24-19-15(7-14(22)18(23)20(19)26(30)31)25(11)8-12-3-5-13(6-4-12)21-27(2,9-16(28)32-21)10-17(29)33-21/h3-7H,8-10H2,1-2H3. The highest BCUT2D eigenvalue weighted by Crippen LogP contribution is 2.39. The number of quaternary nitrogens is 1. The predicted octanol–water partition coefficient (Wildman–Crippen LogP) is 2.31. The molecule has 0 radical (unpaired) electrons. The van der Waals surface area contributed by atoms with Crippen LogP contribution in [-0.2, 0) is 25.4 Å². The molecule has 170 valence electrons. The Morgan fingerprint density at radius 1 is 1.18 bits per heavy atom. The molecule has 5 rings (SSSR count). The first-order valence-electron chi connectivity index (χ1n) is 10.1. The maximum atomic E-state index is 12.0. The van der Waals surface area contributed by atoms with Crippen molar-refractivity contribution in [3.05, 3.63) is 61.9 Å². The lowest BCUT2D eigenvalue weighted by atomic mass is 9.61. The number of nitrogens with zero attached hydrogens (tertiary/aromatic N) is 4. The van der Waals surface area contributed by atoms with Gasteiger partial charge >= 0.3 is 24.3 Å². The van der Waals surface area contributed by atoms with E-state index in [0.717, 1.165) is 5.56 Å². The zero-order chi connectivity index (χ0) is 23.7. The smallest absolute Gasteiger partial charge is 0.596 e. The Kier molecular flexibility index (Phi) is 4.72. The fraction of sp³-hybridized carbons (Fsp3) is 0.250. The fourth-order valence-electron chi connectivity index (χ4n) is 4.81.